The molecule has 3 rings (SSSR count). The Labute approximate surface area is 113 Å². The lowest BCUT2D eigenvalue weighted by Gasteiger charge is -2.23. The average Bonchev–Trinajstić information content (AvgIpc) is 2.47. The number of nitrogens with one attached hydrogen (secondary N) is 1. The lowest BCUT2D eigenvalue weighted by molar-refractivity contribution is 0.632. The van der Waals surface area contributed by atoms with Crippen molar-refractivity contribution in [3.05, 3.63) is 65.2 Å². The van der Waals surface area contributed by atoms with Gasteiger partial charge in [-0.25, -0.2) is 0 Å². The molecule has 0 spiro atoms. The highest BCUT2D eigenvalue weighted by Crippen LogP contribution is 2.27. The monoisotopic (exact) mass is 251 g/mol. The largest absolute Gasteiger partial charge is 0.378 e. The van der Waals surface area contributed by atoms with Crippen LogP contribution < -0.4 is 10.3 Å². The maximum Gasteiger partial charge on any atom is 0.0946 e. The third-order valence-corrected chi connectivity index (χ3v) is 3.46. The van der Waals surface area contributed by atoms with E-state index in [1.807, 2.05) is 26.4 Å². The van der Waals surface area contributed by atoms with Gasteiger partial charge in [0.2, 0.25) is 0 Å². The van der Waals surface area contributed by atoms with E-state index in [9.17, 15) is 0 Å². The number of hydrogen-bond acceptors (Lipinski definition) is 3. The van der Waals surface area contributed by atoms with Crippen LogP contribution in [-0.2, 0) is 0 Å². The quantitative estimate of drug-likeness (QED) is 0.888. The summed E-state index contributed by atoms with van der Waals surface area (Å²) in [5.74, 6) is 0. The number of rotatable bonds is 2. The molecule has 3 nitrogen and oxygen atoms in total. The molecule has 0 radical (unpaired) electrons. The highest BCUT2D eigenvalue weighted by Gasteiger charge is 2.18. The van der Waals surface area contributed by atoms with E-state index < -0.39 is 0 Å². The first-order chi connectivity index (χ1) is 9.25. The Balaban J connectivity index is 1.97. The van der Waals surface area contributed by atoms with Gasteiger partial charge in [-0.15, -0.1) is 0 Å². The first kappa shape index (κ1) is 11.8. The van der Waals surface area contributed by atoms with E-state index in [-0.39, 0.29) is 6.04 Å². The molecule has 1 aliphatic heterocycles. The summed E-state index contributed by atoms with van der Waals surface area (Å²) in [6.07, 6.45) is 1.88. The molecule has 1 N–H and O–H groups in total. The molecule has 1 atom stereocenters. The van der Waals surface area contributed by atoms with Crippen molar-refractivity contribution in [1.82, 2.24) is 5.43 Å². The van der Waals surface area contributed by atoms with Crippen LogP contribution in [0.2, 0.25) is 0 Å². The van der Waals surface area contributed by atoms with Crippen LogP contribution in [0.15, 0.2) is 53.6 Å². The predicted octanol–water partition coefficient (Wildman–Crippen LogP) is 2.78. The smallest absolute Gasteiger partial charge is 0.0946 e. The molecule has 0 saturated heterocycles. The van der Waals surface area contributed by atoms with Crippen LogP contribution in [0.5, 0.6) is 0 Å². The van der Waals surface area contributed by atoms with Gasteiger partial charge in [-0.05, 0) is 23.3 Å². The van der Waals surface area contributed by atoms with Crippen molar-refractivity contribution in [2.45, 2.75) is 6.04 Å². The zero-order valence-electron chi connectivity index (χ0n) is 11.2. The zero-order chi connectivity index (χ0) is 13.2. The second kappa shape index (κ2) is 4.76. The Bertz CT molecular complexity index is 600. The third kappa shape index (κ3) is 2.19. The highest BCUT2D eigenvalue weighted by molar-refractivity contribution is 5.83. The summed E-state index contributed by atoms with van der Waals surface area (Å²) in [6.45, 7) is 0. The Morgan fingerprint density at radius 1 is 1.00 bits per heavy atom. The first-order valence-electron chi connectivity index (χ1n) is 6.40. The van der Waals surface area contributed by atoms with Crippen molar-refractivity contribution in [1.29, 1.82) is 0 Å². The second-order valence-electron chi connectivity index (χ2n) is 4.94. The van der Waals surface area contributed by atoms with Gasteiger partial charge in [0.15, 0.2) is 0 Å². The molecular weight excluding hydrogens is 234 g/mol. The molecular formula is C16H17N3. The molecule has 1 unspecified atom stereocenters. The van der Waals surface area contributed by atoms with Gasteiger partial charge in [-0.3, -0.25) is 5.43 Å². The van der Waals surface area contributed by atoms with E-state index in [1.54, 1.807) is 0 Å². The van der Waals surface area contributed by atoms with Gasteiger partial charge in [-0.1, -0.05) is 36.4 Å². The minimum Gasteiger partial charge on any atom is -0.378 e. The van der Waals surface area contributed by atoms with Crippen molar-refractivity contribution in [3.8, 4) is 0 Å². The van der Waals surface area contributed by atoms with E-state index in [0.717, 1.165) is 0 Å². The minimum absolute atomic E-state index is 0.136. The van der Waals surface area contributed by atoms with Gasteiger partial charge in [0.05, 0.1) is 12.3 Å². The maximum atomic E-state index is 4.25. The van der Waals surface area contributed by atoms with E-state index in [0.29, 0.717) is 0 Å². The van der Waals surface area contributed by atoms with Gasteiger partial charge < -0.3 is 4.90 Å². The molecule has 3 heteroatoms. The topological polar surface area (TPSA) is 27.6 Å². The predicted molar refractivity (Wildman–Crippen MR) is 79.8 cm³/mol. The van der Waals surface area contributed by atoms with Gasteiger partial charge >= 0.3 is 0 Å². The summed E-state index contributed by atoms with van der Waals surface area (Å²) in [7, 11) is 4.10. The van der Waals surface area contributed by atoms with Gasteiger partial charge in [0.1, 0.15) is 0 Å². The van der Waals surface area contributed by atoms with E-state index in [2.05, 4.69) is 57.9 Å². The van der Waals surface area contributed by atoms with Crippen LogP contribution in [0.1, 0.15) is 22.7 Å². The number of benzene rings is 2. The molecule has 0 aliphatic carbocycles. The first-order valence-corrected chi connectivity index (χ1v) is 6.40. The number of fused-ring (bicyclic) bond motifs is 1. The zero-order valence-corrected chi connectivity index (χ0v) is 11.2. The van der Waals surface area contributed by atoms with Crippen LogP contribution in [0.4, 0.5) is 5.69 Å². The van der Waals surface area contributed by atoms with E-state index >= 15 is 0 Å². The normalized spacial score (nSPS) is 16.6. The molecule has 2 aromatic carbocycles. The number of hydrogen-bond donors (Lipinski definition) is 1. The van der Waals surface area contributed by atoms with Crippen LogP contribution in [0, 0.1) is 0 Å². The number of anilines is 1. The van der Waals surface area contributed by atoms with Crippen molar-refractivity contribution in [2.75, 3.05) is 19.0 Å². The summed E-state index contributed by atoms with van der Waals surface area (Å²) in [5, 5.41) is 4.25. The lowest BCUT2D eigenvalue weighted by Crippen LogP contribution is -2.22. The maximum absolute atomic E-state index is 4.25. The molecule has 0 aromatic heterocycles. The van der Waals surface area contributed by atoms with Gasteiger partial charge in [0, 0.05) is 25.3 Å². The summed E-state index contributed by atoms with van der Waals surface area (Å²) in [6, 6.07) is 17.1. The Morgan fingerprint density at radius 2 is 1.74 bits per heavy atom. The van der Waals surface area contributed by atoms with E-state index in [1.165, 1.54) is 22.4 Å². The standard InChI is InChI=1S/C16H17N3/c1-19(2)14-9-7-12(8-10-14)16-15-6-4-3-5-13(15)11-17-18-16/h3-11,16,18H,1-2H3. The fourth-order valence-electron chi connectivity index (χ4n) is 2.36. The molecule has 0 saturated carbocycles. The Kier molecular flexibility index (Phi) is 2.95. The van der Waals surface area contributed by atoms with Crippen molar-refractivity contribution >= 4 is 11.9 Å². The minimum atomic E-state index is 0.136. The van der Waals surface area contributed by atoms with E-state index in [4.69, 9.17) is 0 Å². The Morgan fingerprint density at radius 3 is 2.47 bits per heavy atom. The summed E-state index contributed by atoms with van der Waals surface area (Å²) < 4.78 is 0. The van der Waals surface area contributed by atoms with Crippen LogP contribution in [0.25, 0.3) is 0 Å². The SMILES string of the molecule is CN(C)c1ccc(C2NN=Cc3ccccc32)cc1. The number of hydrazone groups is 1. The summed E-state index contributed by atoms with van der Waals surface area (Å²) in [4.78, 5) is 2.10. The number of nitrogens with zero attached hydrogens (tertiary/aromatic N) is 2. The van der Waals surface area contributed by atoms with Crippen LogP contribution >= 0.6 is 0 Å². The molecule has 1 heterocycles. The molecule has 96 valence electrons. The molecule has 0 fully saturated rings. The third-order valence-electron chi connectivity index (χ3n) is 3.46. The van der Waals surface area contributed by atoms with Crippen molar-refractivity contribution in [2.24, 2.45) is 5.10 Å². The summed E-state index contributed by atoms with van der Waals surface area (Å²) in [5.41, 5.74) is 8.09. The van der Waals surface area contributed by atoms with Crippen LogP contribution in [-0.4, -0.2) is 20.3 Å². The molecule has 2 aromatic rings. The Hall–Kier alpha value is -2.29. The fourth-order valence-corrected chi connectivity index (χ4v) is 2.36. The van der Waals surface area contributed by atoms with Gasteiger partial charge in [0.25, 0.3) is 0 Å². The fraction of sp³-hybridized carbons (Fsp3) is 0.188. The molecule has 0 amide bonds. The second-order valence-corrected chi connectivity index (χ2v) is 4.94. The molecule has 1 aliphatic rings. The molecule has 19 heavy (non-hydrogen) atoms. The average molecular weight is 251 g/mol. The lowest BCUT2D eigenvalue weighted by atomic mass is 9.94. The van der Waals surface area contributed by atoms with Crippen molar-refractivity contribution in [3.63, 3.8) is 0 Å². The highest BCUT2D eigenvalue weighted by atomic mass is 15.3. The summed E-state index contributed by atoms with van der Waals surface area (Å²) >= 11 is 0. The molecule has 0 bridgehead atoms. The van der Waals surface area contributed by atoms with Gasteiger partial charge in [-0.2, -0.15) is 5.10 Å². The van der Waals surface area contributed by atoms with Crippen LogP contribution in [0.3, 0.4) is 0 Å². The van der Waals surface area contributed by atoms with Crippen molar-refractivity contribution < 1.29 is 0 Å².